The zero-order chi connectivity index (χ0) is 17.5. The maximum atomic E-state index is 4.93. The zero-order valence-electron chi connectivity index (χ0n) is 14.5. The first-order valence-corrected chi connectivity index (χ1v) is 14.7. The average molecular weight is 438 g/mol. The normalized spacial score (nSPS) is 10.4. The Bertz CT molecular complexity index is 790. The summed E-state index contributed by atoms with van der Waals surface area (Å²) in [6.07, 6.45) is 3.45. The molecule has 0 aliphatic rings. The van der Waals surface area contributed by atoms with E-state index in [1.165, 1.54) is 51.4 Å². The van der Waals surface area contributed by atoms with Crippen LogP contribution in [-0.2, 0) is 33.7 Å². The first-order chi connectivity index (χ1) is 11.7. The fourth-order valence-electron chi connectivity index (χ4n) is 3.29. The van der Waals surface area contributed by atoms with Gasteiger partial charge in [0.15, 0.2) is 0 Å². The molecule has 0 aliphatic carbocycles. The molecule has 126 valence electrons. The molecule has 24 heavy (non-hydrogen) atoms. The van der Waals surface area contributed by atoms with Gasteiger partial charge in [0.05, 0.1) is 0 Å². The molecule has 0 nitrogen and oxygen atoms in total. The third-order valence-electron chi connectivity index (χ3n) is 4.37. The molecule has 0 N–H and O–H groups in total. The van der Waals surface area contributed by atoms with E-state index in [0.717, 1.165) is 6.42 Å². The molecule has 0 aliphatic heterocycles. The van der Waals surface area contributed by atoms with Crippen LogP contribution in [0.3, 0.4) is 0 Å². The third-order valence-corrected chi connectivity index (χ3v) is 4.37. The van der Waals surface area contributed by atoms with Gasteiger partial charge in [-0.15, -0.1) is 34.5 Å². The van der Waals surface area contributed by atoms with Crippen molar-refractivity contribution in [2.24, 2.45) is 0 Å². The van der Waals surface area contributed by atoms with Crippen molar-refractivity contribution < 1.29 is 20.8 Å². The molecule has 0 bridgehead atoms. The molecule has 3 rings (SSSR count). The van der Waals surface area contributed by atoms with Gasteiger partial charge in [-0.2, -0.15) is 6.07 Å². The van der Waals surface area contributed by atoms with E-state index in [-0.39, 0.29) is 0 Å². The SMILES string of the molecule is CCCc1cc2c(-c3ccccc3C)c(CC)ccc2[cH-]1.[Cl][Zr][Cl]. The van der Waals surface area contributed by atoms with E-state index < -0.39 is 20.8 Å². The molecule has 0 spiro atoms. The van der Waals surface area contributed by atoms with Crippen molar-refractivity contribution in [1.82, 2.24) is 0 Å². The van der Waals surface area contributed by atoms with Crippen LogP contribution in [0.2, 0.25) is 0 Å². The predicted molar refractivity (Wildman–Crippen MR) is 105 cm³/mol. The standard InChI is InChI=1S/C21H23.2ClH.Zr/c1-4-8-16-13-18-12-11-17(5-2)21(20(18)14-16)19-10-7-6-9-15(19)3;;;/h6-7,9-14H,4-5,8H2,1-3H3;2*1H;/q-1;;;+2/p-2. The number of hydrogen-bond acceptors (Lipinski definition) is 0. The Balaban J connectivity index is 0.000000647. The molecule has 0 unspecified atom stereocenters. The summed E-state index contributed by atoms with van der Waals surface area (Å²) in [6, 6.07) is 18.1. The van der Waals surface area contributed by atoms with E-state index in [1.807, 2.05) is 0 Å². The molecule has 0 radical (unpaired) electrons. The van der Waals surface area contributed by atoms with E-state index in [9.17, 15) is 0 Å². The van der Waals surface area contributed by atoms with Gasteiger partial charge in [-0.05, 0) is 30.9 Å². The van der Waals surface area contributed by atoms with Crippen LogP contribution in [0.4, 0.5) is 0 Å². The van der Waals surface area contributed by atoms with E-state index >= 15 is 0 Å². The van der Waals surface area contributed by atoms with Gasteiger partial charge in [-0.25, -0.2) is 0 Å². The molecule has 0 heterocycles. The first-order valence-electron chi connectivity index (χ1n) is 8.39. The molecular weight excluding hydrogens is 414 g/mol. The Kier molecular flexibility index (Phi) is 8.15. The number of benzene rings is 2. The number of rotatable bonds is 4. The topological polar surface area (TPSA) is 0 Å². The molecule has 0 fully saturated rings. The summed E-state index contributed by atoms with van der Waals surface area (Å²) in [5.74, 6) is 0. The second-order valence-electron chi connectivity index (χ2n) is 5.96. The van der Waals surface area contributed by atoms with Crippen molar-refractivity contribution in [3.05, 3.63) is 65.2 Å². The Morgan fingerprint density at radius 1 is 1.04 bits per heavy atom. The van der Waals surface area contributed by atoms with E-state index in [0.29, 0.717) is 0 Å². The van der Waals surface area contributed by atoms with Crippen LogP contribution < -0.4 is 0 Å². The van der Waals surface area contributed by atoms with Crippen LogP contribution in [0, 0.1) is 6.92 Å². The fourth-order valence-corrected chi connectivity index (χ4v) is 3.29. The quantitative estimate of drug-likeness (QED) is 0.373. The van der Waals surface area contributed by atoms with Gasteiger partial charge in [0.25, 0.3) is 0 Å². The number of hydrogen-bond donors (Lipinski definition) is 0. The Labute approximate surface area is 164 Å². The van der Waals surface area contributed by atoms with Crippen LogP contribution in [0.1, 0.15) is 37.0 Å². The van der Waals surface area contributed by atoms with Gasteiger partial charge in [-0.3, -0.25) is 0 Å². The minimum atomic E-state index is -0.826. The van der Waals surface area contributed by atoms with E-state index in [4.69, 9.17) is 17.0 Å². The van der Waals surface area contributed by atoms with Crippen molar-refractivity contribution in [2.75, 3.05) is 0 Å². The van der Waals surface area contributed by atoms with Crippen LogP contribution >= 0.6 is 17.0 Å². The fraction of sp³-hybridized carbons (Fsp3) is 0.286. The number of halogens is 2. The maximum absolute atomic E-state index is 4.93. The molecule has 0 aromatic heterocycles. The molecule has 0 saturated heterocycles. The number of fused-ring (bicyclic) bond motifs is 1. The summed E-state index contributed by atoms with van der Waals surface area (Å²) < 4.78 is 0. The Hall–Kier alpha value is -0.487. The summed E-state index contributed by atoms with van der Waals surface area (Å²) in [6.45, 7) is 6.71. The van der Waals surface area contributed by atoms with Gasteiger partial charge in [0.1, 0.15) is 0 Å². The summed E-state index contributed by atoms with van der Waals surface area (Å²) in [5, 5.41) is 2.81. The van der Waals surface area contributed by atoms with Gasteiger partial charge in [0.2, 0.25) is 0 Å². The van der Waals surface area contributed by atoms with Crippen molar-refractivity contribution in [3.63, 3.8) is 0 Å². The predicted octanol–water partition coefficient (Wildman–Crippen LogP) is 7.43. The molecular formula is C21H23Cl2Zr-. The molecule has 0 amide bonds. The van der Waals surface area contributed by atoms with Gasteiger partial charge < -0.3 is 0 Å². The van der Waals surface area contributed by atoms with Gasteiger partial charge in [-0.1, -0.05) is 55.7 Å². The van der Waals surface area contributed by atoms with Crippen LogP contribution in [-0.4, -0.2) is 0 Å². The van der Waals surface area contributed by atoms with E-state index in [2.05, 4.69) is 69.3 Å². The van der Waals surface area contributed by atoms with Crippen LogP contribution in [0.15, 0.2) is 48.5 Å². The average Bonchev–Trinajstić information content (AvgIpc) is 2.98. The summed E-state index contributed by atoms with van der Waals surface area (Å²) in [7, 11) is 9.87. The third kappa shape index (κ3) is 4.57. The Morgan fingerprint density at radius 2 is 1.75 bits per heavy atom. The van der Waals surface area contributed by atoms with Gasteiger partial charge in [0, 0.05) is 0 Å². The van der Waals surface area contributed by atoms with Crippen molar-refractivity contribution in [1.29, 1.82) is 0 Å². The molecule has 3 aromatic rings. The molecule has 0 saturated carbocycles. The summed E-state index contributed by atoms with van der Waals surface area (Å²) in [5.41, 5.74) is 7.10. The Morgan fingerprint density at radius 3 is 2.38 bits per heavy atom. The minimum absolute atomic E-state index is 0.826. The van der Waals surface area contributed by atoms with Crippen LogP contribution in [0.25, 0.3) is 21.9 Å². The van der Waals surface area contributed by atoms with Gasteiger partial charge >= 0.3 is 37.9 Å². The second-order valence-corrected chi connectivity index (χ2v) is 9.69. The van der Waals surface area contributed by atoms with Crippen LogP contribution in [0.5, 0.6) is 0 Å². The summed E-state index contributed by atoms with van der Waals surface area (Å²) >= 11 is -0.826. The molecule has 3 aromatic carbocycles. The molecule has 3 heteroatoms. The van der Waals surface area contributed by atoms with E-state index in [1.54, 1.807) is 0 Å². The zero-order valence-corrected chi connectivity index (χ0v) is 18.5. The van der Waals surface area contributed by atoms with Crippen molar-refractivity contribution in [3.8, 4) is 11.1 Å². The molecule has 0 atom stereocenters. The van der Waals surface area contributed by atoms with Crippen molar-refractivity contribution in [2.45, 2.75) is 40.0 Å². The monoisotopic (exact) mass is 435 g/mol. The number of aryl methyl sites for hydroxylation is 3. The van der Waals surface area contributed by atoms with Crippen molar-refractivity contribution >= 4 is 27.8 Å². The first kappa shape index (κ1) is 19.8. The second kappa shape index (κ2) is 9.86. The summed E-state index contributed by atoms with van der Waals surface area (Å²) in [4.78, 5) is 0.